The first-order chi connectivity index (χ1) is 5.07. The Morgan fingerprint density at radius 1 is 1.55 bits per heavy atom. The van der Waals surface area contributed by atoms with Gasteiger partial charge in [0.15, 0.2) is 0 Å². The topological polar surface area (TPSA) is 29.5 Å². The fraction of sp³-hybridized carbons (Fsp3) is 0.875. The zero-order valence-electron chi connectivity index (χ0n) is 7.76. The minimum Gasteiger partial charge on any atom is -0.378 e. The molecule has 1 unspecified atom stereocenters. The van der Waals surface area contributed by atoms with Gasteiger partial charge in [-0.2, -0.15) is 0 Å². The smallest absolute Gasteiger partial charge is 0.224 e. The lowest BCUT2D eigenvalue weighted by Crippen LogP contribution is -2.26. The van der Waals surface area contributed by atoms with Gasteiger partial charge in [-0.1, -0.05) is 0 Å². The molecular weight excluding hydrogens is 142 g/mol. The average Bonchev–Trinajstić information content (AvgIpc) is 1.87. The summed E-state index contributed by atoms with van der Waals surface area (Å²) in [6, 6.07) is 0. The number of rotatable bonds is 4. The van der Waals surface area contributed by atoms with Gasteiger partial charge < -0.3 is 9.64 Å². The lowest BCUT2D eigenvalue weighted by molar-refractivity contribution is -0.131. The van der Waals surface area contributed by atoms with Crippen molar-refractivity contribution in [3.8, 4) is 0 Å². The molecule has 0 aliphatic rings. The molecule has 0 fully saturated rings. The second-order valence-corrected chi connectivity index (χ2v) is 2.76. The van der Waals surface area contributed by atoms with E-state index in [1.807, 2.05) is 13.8 Å². The van der Waals surface area contributed by atoms with Gasteiger partial charge in [0.2, 0.25) is 5.91 Å². The van der Waals surface area contributed by atoms with Gasteiger partial charge in [-0.15, -0.1) is 0 Å². The summed E-state index contributed by atoms with van der Waals surface area (Å²) in [4.78, 5) is 12.7. The molecule has 3 nitrogen and oxygen atoms in total. The van der Waals surface area contributed by atoms with Gasteiger partial charge >= 0.3 is 0 Å². The highest BCUT2D eigenvalue weighted by atomic mass is 16.5. The van der Waals surface area contributed by atoms with Crippen LogP contribution in [0.1, 0.15) is 20.3 Å². The average molecular weight is 159 g/mol. The van der Waals surface area contributed by atoms with Crippen LogP contribution in [-0.2, 0) is 9.53 Å². The Labute approximate surface area is 68.3 Å². The van der Waals surface area contributed by atoms with Crippen molar-refractivity contribution >= 4 is 5.91 Å². The Kier molecular flexibility index (Phi) is 4.86. The number of carbonyl (C=O) groups excluding carboxylic acids is 1. The quantitative estimate of drug-likeness (QED) is 0.609. The predicted octanol–water partition coefficient (Wildman–Crippen LogP) is 0.890. The normalized spacial score (nSPS) is 12.7. The maximum absolute atomic E-state index is 11.1. The molecule has 0 saturated carbocycles. The molecule has 66 valence electrons. The van der Waals surface area contributed by atoms with Crippen molar-refractivity contribution in [3.05, 3.63) is 0 Å². The van der Waals surface area contributed by atoms with Crippen molar-refractivity contribution in [3.63, 3.8) is 0 Å². The summed E-state index contributed by atoms with van der Waals surface area (Å²) in [6.07, 6.45) is 0.510. The van der Waals surface area contributed by atoms with E-state index in [1.165, 1.54) is 0 Å². The highest BCUT2D eigenvalue weighted by Gasteiger charge is 2.09. The summed E-state index contributed by atoms with van der Waals surface area (Å²) in [5.41, 5.74) is 0. The van der Waals surface area contributed by atoms with Crippen LogP contribution >= 0.6 is 0 Å². The lowest BCUT2D eigenvalue weighted by atomic mass is 10.2. The van der Waals surface area contributed by atoms with E-state index in [-0.39, 0.29) is 12.0 Å². The standard InChI is InChI=1S/C8H17NO2/c1-5-11-7(2)6-8(10)9(3)4/h7H,5-6H2,1-4H3. The molecule has 0 aromatic rings. The van der Waals surface area contributed by atoms with Crippen molar-refractivity contribution < 1.29 is 9.53 Å². The fourth-order valence-electron chi connectivity index (χ4n) is 0.772. The second-order valence-electron chi connectivity index (χ2n) is 2.76. The third-order valence-electron chi connectivity index (χ3n) is 1.41. The summed E-state index contributed by atoms with van der Waals surface area (Å²) in [6.45, 7) is 4.50. The van der Waals surface area contributed by atoms with Crippen LogP contribution in [0.3, 0.4) is 0 Å². The Morgan fingerprint density at radius 2 is 2.09 bits per heavy atom. The minimum atomic E-state index is 0.0369. The predicted molar refractivity (Wildman–Crippen MR) is 44.4 cm³/mol. The molecule has 0 saturated heterocycles. The van der Waals surface area contributed by atoms with E-state index < -0.39 is 0 Å². The minimum absolute atomic E-state index is 0.0369. The summed E-state index contributed by atoms with van der Waals surface area (Å²) in [5, 5.41) is 0. The molecule has 11 heavy (non-hydrogen) atoms. The highest BCUT2D eigenvalue weighted by molar-refractivity contribution is 5.75. The van der Waals surface area contributed by atoms with E-state index in [4.69, 9.17) is 4.74 Å². The molecule has 0 bridgehead atoms. The maximum atomic E-state index is 11.1. The number of nitrogens with zero attached hydrogens (tertiary/aromatic N) is 1. The molecule has 0 radical (unpaired) electrons. The first kappa shape index (κ1) is 10.4. The monoisotopic (exact) mass is 159 g/mol. The molecule has 1 atom stereocenters. The zero-order valence-corrected chi connectivity index (χ0v) is 7.76. The number of carbonyl (C=O) groups is 1. The Hall–Kier alpha value is -0.570. The molecule has 1 amide bonds. The van der Waals surface area contributed by atoms with Crippen LogP contribution in [0.25, 0.3) is 0 Å². The summed E-state index contributed by atoms with van der Waals surface area (Å²) in [7, 11) is 3.50. The Bertz CT molecular complexity index is 123. The third kappa shape index (κ3) is 4.79. The molecule has 0 aromatic heterocycles. The van der Waals surface area contributed by atoms with Crippen molar-refractivity contribution in [2.24, 2.45) is 0 Å². The van der Waals surface area contributed by atoms with Gasteiger partial charge in [-0.3, -0.25) is 4.79 Å². The van der Waals surface area contributed by atoms with Gasteiger partial charge in [-0.25, -0.2) is 0 Å². The molecule has 0 aromatic carbocycles. The van der Waals surface area contributed by atoms with Crippen LogP contribution in [0.5, 0.6) is 0 Å². The molecule has 3 heteroatoms. The van der Waals surface area contributed by atoms with Crippen molar-refractivity contribution in [2.45, 2.75) is 26.4 Å². The first-order valence-corrected chi connectivity index (χ1v) is 3.89. The molecule has 0 N–H and O–H groups in total. The van der Waals surface area contributed by atoms with E-state index in [0.29, 0.717) is 13.0 Å². The highest BCUT2D eigenvalue weighted by Crippen LogP contribution is 1.98. The number of hydrogen-bond donors (Lipinski definition) is 0. The molecule has 0 aliphatic heterocycles. The summed E-state index contributed by atoms with van der Waals surface area (Å²) >= 11 is 0. The van der Waals surface area contributed by atoms with E-state index in [1.54, 1.807) is 19.0 Å². The first-order valence-electron chi connectivity index (χ1n) is 3.89. The summed E-state index contributed by atoms with van der Waals surface area (Å²) in [5.74, 6) is 0.117. The van der Waals surface area contributed by atoms with E-state index >= 15 is 0 Å². The van der Waals surface area contributed by atoms with Gasteiger partial charge in [-0.05, 0) is 13.8 Å². The molecule has 0 heterocycles. The van der Waals surface area contributed by atoms with Crippen molar-refractivity contribution in [2.75, 3.05) is 20.7 Å². The molecule has 0 spiro atoms. The Morgan fingerprint density at radius 3 is 2.45 bits per heavy atom. The van der Waals surface area contributed by atoms with Crippen LogP contribution in [0, 0.1) is 0 Å². The maximum Gasteiger partial charge on any atom is 0.224 e. The van der Waals surface area contributed by atoms with Crippen LogP contribution in [0.15, 0.2) is 0 Å². The number of amides is 1. The van der Waals surface area contributed by atoms with Crippen molar-refractivity contribution in [1.82, 2.24) is 4.90 Å². The number of ether oxygens (including phenoxy) is 1. The van der Waals surface area contributed by atoms with Crippen LogP contribution < -0.4 is 0 Å². The van der Waals surface area contributed by atoms with Crippen LogP contribution in [-0.4, -0.2) is 37.6 Å². The van der Waals surface area contributed by atoms with Gasteiger partial charge in [0.25, 0.3) is 0 Å². The zero-order chi connectivity index (χ0) is 8.85. The summed E-state index contributed by atoms with van der Waals surface area (Å²) < 4.78 is 5.22. The molecule has 0 aliphatic carbocycles. The number of hydrogen-bond acceptors (Lipinski definition) is 2. The Balaban J connectivity index is 3.57. The fourth-order valence-corrected chi connectivity index (χ4v) is 0.772. The lowest BCUT2D eigenvalue weighted by Gasteiger charge is -2.14. The van der Waals surface area contributed by atoms with Gasteiger partial charge in [0.05, 0.1) is 12.5 Å². The van der Waals surface area contributed by atoms with Crippen LogP contribution in [0.2, 0.25) is 0 Å². The van der Waals surface area contributed by atoms with Gasteiger partial charge in [0, 0.05) is 20.7 Å². The van der Waals surface area contributed by atoms with Crippen LogP contribution in [0.4, 0.5) is 0 Å². The SMILES string of the molecule is CCOC(C)CC(=O)N(C)C. The largest absolute Gasteiger partial charge is 0.378 e. The van der Waals surface area contributed by atoms with Gasteiger partial charge in [0.1, 0.15) is 0 Å². The molecular formula is C8H17NO2. The van der Waals surface area contributed by atoms with E-state index in [0.717, 1.165) is 0 Å². The third-order valence-corrected chi connectivity index (χ3v) is 1.41. The van der Waals surface area contributed by atoms with Crippen molar-refractivity contribution in [1.29, 1.82) is 0 Å². The van der Waals surface area contributed by atoms with E-state index in [9.17, 15) is 4.79 Å². The molecule has 0 rings (SSSR count). The second kappa shape index (κ2) is 5.13. The van der Waals surface area contributed by atoms with E-state index in [2.05, 4.69) is 0 Å².